The number of carbonyl (C=O) groups is 1. The molecule has 2 fully saturated rings. The molecule has 0 radical (unpaired) electrons. The van der Waals surface area contributed by atoms with E-state index in [0.717, 1.165) is 44.7 Å². The Morgan fingerprint density at radius 3 is 2.76 bits per heavy atom. The summed E-state index contributed by atoms with van der Waals surface area (Å²) in [5.41, 5.74) is 1.24. The number of hydrogen-bond donors (Lipinski definition) is 1. The number of ether oxygens (including phenoxy) is 2. The fourth-order valence-electron chi connectivity index (χ4n) is 3.71. The van der Waals surface area contributed by atoms with Gasteiger partial charge in [-0.15, -0.1) is 0 Å². The Labute approximate surface area is 150 Å². The molecule has 2 bridgehead atoms. The van der Waals surface area contributed by atoms with Gasteiger partial charge in [0.25, 0.3) is 0 Å². The lowest BCUT2D eigenvalue weighted by Gasteiger charge is -2.24. The molecule has 1 aromatic rings. The number of nitrogens with one attached hydrogen (secondary N) is 1. The monoisotopic (exact) mass is 346 g/mol. The summed E-state index contributed by atoms with van der Waals surface area (Å²) < 4.78 is 10.8. The number of amides is 1. The van der Waals surface area contributed by atoms with E-state index < -0.39 is 0 Å². The molecule has 25 heavy (non-hydrogen) atoms. The van der Waals surface area contributed by atoms with Gasteiger partial charge in [-0.05, 0) is 49.8 Å². The maximum Gasteiger partial charge on any atom is 0.222 e. The summed E-state index contributed by atoms with van der Waals surface area (Å²) >= 11 is 0. The lowest BCUT2D eigenvalue weighted by molar-refractivity contribution is -0.131. The molecule has 0 aliphatic carbocycles. The van der Waals surface area contributed by atoms with E-state index in [1.807, 2.05) is 17.0 Å². The molecule has 5 nitrogen and oxygen atoms in total. The van der Waals surface area contributed by atoms with Crippen molar-refractivity contribution in [1.82, 2.24) is 10.2 Å². The minimum absolute atomic E-state index is 0.271. The molecule has 2 unspecified atom stereocenters. The molecule has 1 amide bonds. The quantitative estimate of drug-likeness (QED) is 0.735. The molecule has 2 atom stereocenters. The average molecular weight is 346 g/mol. The van der Waals surface area contributed by atoms with Gasteiger partial charge in [-0.2, -0.15) is 0 Å². The number of fused-ring (bicyclic) bond motifs is 2. The fourth-order valence-corrected chi connectivity index (χ4v) is 3.71. The number of likely N-dealkylation sites (tertiary alicyclic amines) is 1. The molecule has 3 rings (SSSR count). The van der Waals surface area contributed by atoms with Gasteiger partial charge >= 0.3 is 0 Å². The van der Waals surface area contributed by atoms with Crippen molar-refractivity contribution in [2.75, 3.05) is 33.4 Å². The lowest BCUT2D eigenvalue weighted by atomic mass is 10.1. The van der Waals surface area contributed by atoms with Gasteiger partial charge in [0.05, 0.1) is 13.2 Å². The summed E-state index contributed by atoms with van der Waals surface area (Å²) in [4.78, 5) is 14.5. The molecule has 1 aromatic carbocycles. The van der Waals surface area contributed by atoms with Crippen LogP contribution in [0.25, 0.3) is 0 Å². The summed E-state index contributed by atoms with van der Waals surface area (Å²) in [6.45, 7) is 3.09. The van der Waals surface area contributed by atoms with E-state index in [1.54, 1.807) is 7.11 Å². The molecular weight excluding hydrogens is 316 g/mol. The van der Waals surface area contributed by atoms with Gasteiger partial charge in [0.15, 0.2) is 0 Å². The normalized spacial score (nSPS) is 22.7. The van der Waals surface area contributed by atoms with Gasteiger partial charge in [0.1, 0.15) is 5.75 Å². The van der Waals surface area contributed by atoms with Gasteiger partial charge in [-0.3, -0.25) is 4.79 Å². The van der Waals surface area contributed by atoms with Gasteiger partial charge < -0.3 is 19.7 Å². The second kappa shape index (κ2) is 9.20. The van der Waals surface area contributed by atoms with Crippen molar-refractivity contribution in [3.63, 3.8) is 0 Å². The topological polar surface area (TPSA) is 50.8 Å². The zero-order valence-corrected chi connectivity index (χ0v) is 15.2. The van der Waals surface area contributed by atoms with E-state index in [4.69, 9.17) is 9.47 Å². The van der Waals surface area contributed by atoms with Crippen LogP contribution < -0.4 is 10.1 Å². The molecule has 2 aliphatic heterocycles. The Bertz CT molecular complexity index is 546. The van der Waals surface area contributed by atoms with Crippen molar-refractivity contribution in [3.05, 3.63) is 29.8 Å². The summed E-state index contributed by atoms with van der Waals surface area (Å²) in [7, 11) is 1.71. The first kappa shape index (κ1) is 18.2. The number of benzene rings is 1. The van der Waals surface area contributed by atoms with Crippen molar-refractivity contribution in [2.24, 2.45) is 0 Å². The van der Waals surface area contributed by atoms with E-state index in [2.05, 4.69) is 17.4 Å². The van der Waals surface area contributed by atoms with Crippen molar-refractivity contribution >= 4 is 5.91 Å². The Balaban J connectivity index is 1.34. The Kier molecular flexibility index (Phi) is 6.70. The highest BCUT2D eigenvalue weighted by atomic mass is 16.5. The Morgan fingerprint density at radius 1 is 1.16 bits per heavy atom. The molecule has 0 saturated carbocycles. The highest BCUT2D eigenvalue weighted by Crippen LogP contribution is 2.21. The standard InChI is InChI=1S/C20H30N2O3/c1-24-14-11-16-4-8-19(9-5-16)25-13-2-3-20(23)22-12-10-17-6-7-18(15-22)21-17/h4-5,8-9,17-18,21H,2-3,6-7,10-15H2,1H3. The highest BCUT2D eigenvalue weighted by Gasteiger charge is 2.30. The highest BCUT2D eigenvalue weighted by molar-refractivity contribution is 5.76. The van der Waals surface area contributed by atoms with Crippen LogP contribution >= 0.6 is 0 Å². The van der Waals surface area contributed by atoms with Gasteiger partial charge in [-0.1, -0.05) is 12.1 Å². The third-order valence-corrected chi connectivity index (χ3v) is 5.20. The third-order valence-electron chi connectivity index (χ3n) is 5.20. The van der Waals surface area contributed by atoms with E-state index in [-0.39, 0.29) is 5.91 Å². The van der Waals surface area contributed by atoms with Gasteiger partial charge in [0.2, 0.25) is 5.91 Å². The third kappa shape index (κ3) is 5.44. The molecule has 5 heteroatoms. The first-order valence-electron chi connectivity index (χ1n) is 9.49. The number of carbonyl (C=O) groups excluding carboxylic acids is 1. The molecule has 2 heterocycles. The average Bonchev–Trinajstić information content (AvgIpc) is 2.96. The van der Waals surface area contributed by atoms with E-state index in [9.17, 15) is 4.79 Å². The first-order valence-corrected chi connectivity index (χ1v) is 9.49. The Hall–Kier alpha value is -1.59. The molecular formula is C20H30N2O3. The van der Waals surface area contributed by atoms with Gasteiger partial charge in [0, 0.05) is 38.7 Å². The van der Waals surface area contributed by atoms with Crippen LogP contribution in [-0.2, 0) is 16.0 Å². The molecule has 0 aromatic heterocycles. The first-order chi connectivity index (χ1) is 12.2. The second-order valence-electron chi connectivity index (χ2n) is 7.11. The minimum atomic E-state index is 0.271. The minimum Gasteiger partial charge on any atom is -0.494 e. The van der Waals surface area contributed by atoms with Crippen LogP contribution in [0.2, 0.25) is 0 Å². The van der Waals surface area contributed by atoms with Crippen LogP contribution in [-0.4, -0.2) is 56.3 Å². The Morgan fingerprint density at radius 2 is 1.96 bits per heavy atom. The molecule has 1 N–H and O–H groups in total. The predicted molar refractivity (Wildman–Crippen MR) is 97.9 cm³/mol. The van der Waals surface area contributed by atoms with Crippen LogP contribution in [0.4, 0.5) is 0 Å². The second-order valence-corrected chi connectivity index (χ2v) is 7.11. The smallest absolute Gasteiger partial charge is 0.222 e. The van der Waals surface area contributed by atoms with E-state index in [1.165, 1.54) is 18.4 Å². The molecule has 138 valence electrons. The number of rotatable bonds is 8. The zero-order valence-electron chi connectivity index (χ0n) is 15.2. The summed E-state index contributed by atoms with van der Waals surface area (Å²) in [6.07, 6.45) is 5.82. The summed E-state index contributed by atoms with van der Waals surface area (Å²) in [5, 5.41) is 3.62. The lowest BCUT2D eigenvalue weighted by Crippen LogP contribution is -2.39. The van der Waals surface area contributed by atoms with Crippen LogP contribution in [0.3, 0.4) is 0 Å². The van der Waals surface area contributed by atoms with Crippen molar-refractivity contribution < 1.29 is 14.3 Å². The maximum atomic E-state index is 12.4. The molecule has 2 saturated heterocycles. The SMILES string of the molecule is COCCc1ccc(OCCCC(=O)N2CCC3CCC(C2)N3)cc1. The molecule has 2 aliphatic rings. The number of nitrogens with zero attached hydrogens (tertiary/aromatic N) is 1. The van der Waals surface area contributed by atoms with Crippen molar-refractivity contribution in [1.29, 1.82) is 0 Å². The number of methoxy groups -OCH3 is 1. The molecule has 0 spiro atoms. The summed E-state index contributed by atoms with van der Waals surface area (Å²) in [6, 6.07) is 9.24. The van der Waals surface area contributed by atoms with Crippen LogP contribution in [0, 0.1) is 0 Å². The van der Waals surface area contributed by atoms with Crippen molar-refractivity contribution in [3.8, 4) is 5.75 Å². The van der Waals surface area contributed by atoms with Crippen molar-refractivity contribution in [2.45, 2.75) is 50.6 Å². The zero-order chi connectivity index (χ0) is 17.5. The largest absolute Gasteiger partial charge is 0.494 e. The van der Waals surface area contributed by atoms with Crippen LogP contribution in [0.5, 0.6) is 5.75 Å². The van der Waals surface area contributed by atoms with E-state index >= 15 is 0 Å². The van der Waals surface area contributed by atoms with Gasteiger partial charge in [-0.25, -0.2) is 0 Å². The van der Waals surface area contributed by atoms with Crippen LogP contribution in [0.15, 0.2) is 24.3 Å². The number of hydrogen-bond acceptors (Lipinski definition) is 4. The van der Waals surface area contributed by atoms with Crippen LogP contribution in [0.1, 0.15) is 37.7 Å². The summed E-state index contributed by atoms with van der Waals surface area (Å²) in [5.74, 6) is 1.14. The maximum absolute atomic E-state index is 12.4. The fraction of sp³-hybridized carbons (Fsp3) is 0.650. The van der Waals surface area contributed by atoms with E-state index in [0.29, 0.717) is 25.1 Å². The predicted octanol–water partition coefficient (Wildman–Crippen LogP) is 2.39.